The second-order valence-corrected chi connectivity index (χ2v) is 16.1. The molecule has 5 fully saturated rings. The SMILES string of the molecule is CC(=O)O[C@@H]1CC[C@H]2[C@]3(C)CC[C@@]4(C)[C@H]5CC(C)(C)CC[C@]5(C)CC[C@@]4(C)[C@@H]3CC[C@]2(C)[C@H]1C. The lowest BCUT2D eigenvalue weighted by atomic mass is 9.30. The van der Waals surface area contributed by atoms with Crippen molar-refractivity contribution in [1.29, 1.82) is 0 Å². The second-order valence-electron chi connectivity index (χ2n) is 16.1. The fourth-order valence-corrected chi connectivity index (χ4v) is 11.7. The van der Waals surface area contributed by atoms with E-state index in [2.05, 4.69) is 55.4 Å². The van der Waals surface area contributed by atoms with E-state index in [1.807, 2.05) is 0 Å². The van der Waals surface area contributed by atoms with Gasteiger partial charge in [0.25, 0.3) is 0 Å². The van der Waals surface area contributed by atoms with Gasteiger partial charge < -0.3 is 4.74 Å². The van der Waals surface area contributed by atoms with E-state index in [0.29, 0.717) is 38.4 Å². The summed E-state index contributed by atoms with van der Waals surface area (Å²) in [7, 11) is 0. The molecule has 10 atom stereocenters. The molecule has 2 heteroatoms. The zero-order chi connectivity index (χ0) is 24.9. The monoisotopic (exact) mass is 470 g/mol. The highest BCUT2D eigenvalue weighted by Gasteiger charge is 2.70. The van der Waals surface area contributed by atoms with Crippen molar-refractivity contribution in [2.75, 3.05) is 0 Å². The molecule has 5 saturated carbocycles. The van der Waals surface area contributed by atoms with Crippen molar-refractivity contribution in [1.82, 2.24) is 0 Å². The van der Waals surface area contributed by atoms with Gasteiger partial charge >= 0.3 is 5.97 Å². The van der Waals surface area contributed by atoms with Crippen LogP contribution in [-0.2, 0) is 9.53 Å². The zero-order valence-electron chi connectivity index (χ0n) is 24.0. The summed E-state index contributed by atoms with van der Waals surface area (Å²) in [5, 5.41) is 0. The summed E-state index contributed by atoms with van der Waals surface area (Å²) < 4.78 is 5.86. The van der Waals surface area contributed by atoms with Crippen LogP contribution in [0.1, 0.15) is 133 Å². The van der Waals surface area contributed by atoms with Crippen molar-refractivity contribution in [3.63, 3.8) is 0 Å². The molecule has 5 aliphatic rings. The Labute approximate surface area is 210 Å². The zero-order valence-corrected chi connectivity index (χ0v) is 24.0. The van der Waals surface area contributed by atoms with Crippen molar-refractivity contribution in [3.8, 4) is 0 Å². The molecule has 0 aliphatic heterocycles. The molecule has 0 aromatic rings. The molecule has 0 amide bonds. The highest BCUT2D eigenvalue weighted by atomic mass is 16.5. The average molecular weight is 471 g/mol. The third-order valence-corrected chi connectivity index (χ3v) is 14.2. The van der Waals surface area contributed by atoms with Crippen molar-refractivity contribution in [2.45, 2.75) is 139 Å². The summed E-state index contributed by atoms with van der Waals surface area (Å²) >= 11 is 0. The number of fused-ring (bicyclic) bond motifs is 7. The third-order valence-electron chi connectivity index (χ3n) is 14.2. The number of hydrogen-bond acceptors (Lipinski definition) is 2. The van der Waals surface area contributed by atoms with Gasteiger partial charge in [-0.05, 0) is 127 Å². The van der Waals surface area contributed by atoms with Crippen molar-refractivity contribution >= 4 is 5.97 Å². The lowest BCUT2D eigenvalue weighted by Crippen LogP contribution is -2.68. The maximum atomic E-state index is 11.8. The molecule has 2 nitrogen and oxygen atoms in total. The Kier molecular flexibility index (Phi) is 5.55. The first-order chi connectivity index (χ1) is 15.6. The van der Waals surface area contributed by atoms with Gasteiger partial charge in [0, 0.05) is 6.92 Å². The second kappa shape index (κ2) is 7.50. The fourth-order valence-electron chi connectivity index (χ4n) is 11.7. The Morgan fingerprint density at radius 3 is 1.97 bits per heavy atom. The summed E-state index contributed by atoms with van der Waals surface area (Å²) in [6.07, 6.45) is 15.1. The van der Waals surface area contributed by atoms with Crippen LogP contribution in [0.2, 0.25) is 0 Å². The molecule has 5 aliphatic carbocycles. The van der Waals surface area contributed by atoms with Crippen LogP contribution < -0.4 is 0 Å². The van der Waals surface area contributed by atoms with Gasteiger partial charge in [0.2, 0.25) is 0 Å². The minimum Gasteiger partial charge on any atom is -0.462 e. The van der Waals surface area contributed by atoms with Crippen molar-refractivity contribution < 1.29 is 9.53 Å². The Morgan fingerprint density at radius 1 is 0.676 bits per heavy atom. The minimum atomic E-state index is -0.0968. The van der Waals surface area contributed by atoms with Crippen LogP contribution in [-0.4, -0.2) is 12.1 Å². The summed E-state index contributed by atoms with van der Waals surface area (Å²) in [5.41, 5.74) is 2.70. The number of carbonyl (C=O) groups excluding carboxylic acids is 1. The van der Waals surface area contributed by atoms with E-state index in [4.69, 9.17) is 4.74 Å². The standard InChI is InChI=1S/C32H54O2/c1-21-23(34-22(2)33)10-11-24-29(21,6)13-12-25-30(24,7)17-19-32(9)26-20-27(3,4)14-15-28(26,5)16-18-31(25,32)8/h21,23-26H,10-20H2,1-9H3/t21-,23+,24+,25+,26-,28+,29+,30-,31-,32-/m0/s1. The number of rotatable bonds is 1. The van der Waals surface area contributed by atoms with E-state index in [0.717, 1.165) is 24.2 Å². The third kappa shape index (κ3) is 3.21. The highest BCUT2D eigenvalue weighted by Crippen LogP contribution is 2.78. The first-order valence-corrected chi connectivity index (χ1v) is 14.8. The van der Waals surface area contributed by atoms with Gasteiger partial charge in [-0.1, -0.05) is 55.4 Å². The molecule has 0 saturated heterocycles. The molecular formula is C32H54O2. The maximum absolute atomic E-state index is 11.8. The molecule has 0 unspecified atom stereocenters. The van der Waals surface area contributed by atoms with E-state index >= 15 is 0 Å². The maximum Gasteiger partial charge on any atom is 0.302 e. The normalized spacial score (nSPS) is 56.3. The molecule has 34 heavy (non-hydrogen) atoms. The van der Waals surface area contributed by atoms with E-state index in [1.54, 1.807) is 6.92 Å². The first kappa shape index (κ1) is 25.1. The number of ether oxygens (including phenoxy) is 1. The quantitative estimate of drug-likeness (QED) is 0.358. The van der Waals surface area contributed by atoms with Crippen molar-refractivity contribution in [3.05, 3.63) is 0 Å². The van der Waals surface area contributed by atoms with Crippen LogP contribution >= 0.6 is 0 Å². The summed E-state index contributed by atoms with van der Waals surface area (Å²) in [5.74, 6) is 2.84. The van der Waals surface area contributed by atoms with Crippen LogP contribution in [0.4, 0.5) is 0 Å². The summed E-state index contributed by atoms with van der Waals surface area (Å²) in [6.45, 7) is 22.5. The molecular weight excluding hydrogens is 416 g/mol. The van der Waals surface area contributed by atoms with E-state index < -0.39 is 0 Å². The van der Waals surface area contributed by atoms with Gasteiger partial charge in [-0.15, -0.1) is 0 Å². The number of carbonyl (C=O) groups is 1. The minimum absolute atomic E-state index is 0.0968. The van der Waals surface area contributed by atoms with Gasteiger partial charge in [-0.3, -0.25) is 4.79 Å². The molecule has 0 spiro atoms. The Morgan fingerprint density at radius 2 is 1.29 bits per heavy atom. The lowest BCUT2D eigenvalue weighted by Gasteiger charge is -2.75. The summed E-state index contributed by atoms with van der Waals surface area (Å²) in [4.78, 5) is 11.8. The van der Waals surface area contributed by atoms with Crippen LogP contribution in [0.3, 0.4) is 0 Å². The summed E-state index contributed by atoms with van der Waals surface area (Å²) in [6, 6.07) is 0. The van der Waals surface area contributed by atoms with Crippen molar-refractivity contribution in [2.24, 2.45) is 56.2 Å². The topological polar surface area (TPSA) is 26.3 Å². The molecule has 0 radical (unpaired) electrons. The molecule has 0 heterocycles. The molecule has 194 valence electrons. The molecule has 5 rings (SSSR count). The number of hydrogen-bond donors (Lipinski definition) is 0. The molecule has 0 aromatic carbocycles. The van der Waals surface area contributed by atoms with Crippen LogP contribution in [0.25, 0.3) is 0 Å². The lowest BCUT2D eigenvalue weighted by molar-refractivity contribution is -0.263. The van der Waals surface area contributed by atoms with Gasteiger partial charge in [0.05, 0.1) is 0 Å². The van der Waals surface area contributed by atoms with Gasteiger partial charge in [-0.2, -0.15) is 0 Å². The Bertz CT molecular complexity index is 846. The van der Waals surface area contributed by atoms with E-state index in [1.165, 1.54) is 64.2 Å². The van der Waals surface area contributed by atoms with Crippen LogP contribution in [0, 0.1) is 56.2 Å². The largest absolute Gasteiger partial charge is 0.462 e. The van der Waals surface area contributed by atoms with Gasteiger partial charge in [0.1, 0.15) is 6.10 Å². The predicted molar refractivity (Wildman–Crippen MR) is 140 cm³/mol. The molecule has 0 aromatic heterocycles. The van der Waals surface area contributed by atoms with Gasteiger partial charge in [-0.25, -0.2) is 0 Å². The molecule has 0 N–H and O–H groups in total. The Hall–Kier alpha value is -0.530. The Balaban J connectivity index is 1.49. The van der Waals surface area contributed by atoms with Crippen LogP contribution in [0.15, 0.2) is 0 Å². The molecule has 0 bridgehead atoms. The van der Waals surface area contributed by atoms with Crippen LogP contribution in [0.5, 0.6) is 0 Å². The fraction of sp³-hybridized carbons (Fsp3) is 0.969. The smallest absolute Gasteiger partial charge is 0.302 e. The first-order valence-electron chi connectivity index (χ1n) is 14.8. The number of esters is 1. The van der Waals surface area contributed by atoms with E-state index in [9.17, 15) is 4.79 Å². The van der Waals surface area contributed by atoms with Gasteiger partial charge in [0.15, 0.2) is 0 Å². The highest BCUT2D eigenvalue weighted by molar-refractivity contribution is 5.66. The predicted octanol–water partition coefficient (Wildman–Crippen LogP) is 8.82. The average Bonchev–Trinajstić information content (AvgIpc) is 2.74. The van der Waals surface area contributed by atoms with E-state index in [-0.39, 0.29) is 12.1 Å².